The Kier molecular flexibility index (Phi) is 5.05. The van der Waals surface area contributed by atoms with Crippen molar-refractivity contribution in [1.29, 1.82) is 0 Å². The van der Waals surface area contributed by atoms with Crippen LogP contribution in [0.15, 0.2) is 30.3 Å². The molecular weight excluding hydrogens is 353 g/mol. The molecule has 2 amide bonds. The van der Waals surface area contributed by atoms with Gasteiger partial charge in [-0.15, -0.1) is 0 Å². The van der Waals surface area contributed by atoms with Gasteiger partial charge in [0.25, 0.3) is 5.69 Å². The van der Waals surface area contributed by atoms with Crippen LogP contribution in [0.5, 0.6) is 0 Å². The molecule has 0 bridgehead atoms. The van der Waals surface area contributed by atoms with Crippen molar-refractivity contribution < 1.29 is 22.9 Å². The number of nitrogen functional groups attached to an aromatic ring is 1. The highest BCUT2D eigenvalue weighted by molar-refractivity contribution is 6.02. The summed E-state index contributed by atoms with van der Waals surface area (Å²) < 4.78 is 38.8. The summed E-state index contributed by atoms with van der Waals surface area (Å²) in [4.78, 5) is 22.0. The Morgan fingerprint density at radius 2 is 1.73 bits per heavy atom. The van der Waals surface area contributed by atoms with Gasteiger partial charge in [-0.1, -0.05) is 17.7 Å². The summed E-state index contributed by atoms with van der Waals surface area (Å²) in [5, 5.41) is 15.5. The Balaban J connectivity index is 2.34. The monoisotopic (exact) mass is 368 g/mol. The average Bonchev–Trinajstić information content (AvgIpc) is 2.50. The van der Waals surface area contributed by atoms with Crippen LogP contribution in [0, 0.1) is 24.0 Å². The predicted octanol–water partition coefficient (Wildman–Crippen LogP) is 4.46. The lowest BCUT2D eigenvalue weighted by Crippen LogP contribution is -2.21. The van der Waals surface area contributed by atoms with E-state index < -0.39 is 39.8 Å². The highest BCUT2D eigenvalue weighted by atomic mass is 19.4. The van der Waals surface area contributed by atoms with Crippen LogP contribution in [0.3, 0.4) is 0 Å². The van der Waals surface area contributed by atoms with E-state index in [4.69, 9.17) is 5.73 Å². The molecule has 0 aromatic heterocycles. The summed E-state index contributed by atoms with van der Waals surface area (Å²) in [6.07, 6.45) is -4.83. The minimum atomic E-state index is -4.83. The number of hydrogen-bond donors (Lipinski definition) is 3. The third-order valence-corrected chi connectivity index (χ3v) is 3.56. The largest absolute Gasteiger partial charge is 0.416 e. The van der Waals surface area contributed by atoms with Gasteiger partial charge in [-0.05, 0) is 31.5 Å². The van der Waals surface area contributed by atoms with E-state index in [1.54, 1.807) is 25.1 Å². The number of nitrogens with zero attached hydrogens (tertiary/aromatic N) is 1. The molecule has 0 atom stereocenters. The highest BCUT2D eigenvalue weighted by Crippen LogP contribution is 2.38. The molecule has 0 aliphatic rings. The lowest BCUT2D eigenvalue weighted by atomic mass is 10.1. The van der Waals surface area contributed by atoms with Gasteiger partial charge in [-0.2, -0.15) is 13.2 Å². The molecule has 26 heavy (non-hydrogen) atoms. The van der Waals surface area contributed by atoms with Crippen molar-refractivity contribution >= 4 is 28.8 Å². The molecule has 4 N–H and O–H groups in total. The molecule has 0 aliphatic carbocycles. The van der Waals surface area contributed by atoms with Crippen molar-refractivity contribution in [1.82, 2.24) is 0 Å². The number of aryl methyl sites for hydroxylation is 2. The summed E-state index contributed by atoms with van der Waals surface area (Å²) in [6.45, 7) is 3.60. The molecule has 0 spiro atoms. The van der Waals surface area contributed by atoms with E-state index in [9.17, 15) is 28.1 Å². The zero-order chi connectivity index (χ0) is 19.6. The van der Waals surface area contributed by atoms with Crippen LogP contribution < -0.4 is 16.4 Å². The number of nitrogens with one attached hydrogen (secondary N) is 2. The second-order valence-electron chi connectivity index (χ2n) is 5.61. The maximum Gasteiger partial charge on any atom is 0.416 e. The molecule has 0 saturated carbocycles. The molecule has 2 rings (SSSR count). The maximum atomic E-state index is 12.9. The average molecular weight is 368 g/mol. The summed E-state index contributed by atoms with van der Waals surface area (Å²) in [6, 6.07) is 5.16. The van der Waals surface area contributed by atoms with Crippen molar-refractivity contribution in [3.05, 3.63) is 57.1 Å². The Morgan fingerprint density at radius 1 is 1.12 bits per heavy atom. The molecular formula is C16H15F3N4O3. The first kappa shape index (κ1) is 19.0. The molecule has 0 radical (unpaired) electrons. The molecule has 0 saturated heterocycles. The standard InChI is InChI=1S/C16H15F3N4O3/c1-8-3-4-11(9(2)5-8)21-15(24)22-12-6-10(16(17,18)19)7-13(14(12)20)23(25)26/h3-7H,20H2,1-2H3,(H2,21,22,24). The quantitative estimate of drug-likeness (QED) is 0.422. The number of urea groups is 1. The fourth-order valence-corrected chi connectivity index (χ4v) is 2.29. The van der Waals surface area contributed by atoms with E-state index in [1.807, 2.05) is 6.92 Å². The van der Waals surface area contributed by atoms with Crippen molar-refractivity contribution in [2.24, 2.45) is 0 Å². The van der Waals surface area contributed by atoms with Crippen LogP contribution in [0.25, 0.3) is 0 Å². The van der Waals surface area contributed by atoms with Crippen molar-refractivity contribution in [3.63, 3.8) is 0 Å². The summed E-state index contributed by atoms with van der Waals surface area (Å²) in [7, 11) is 0. The zero-order valence-corrected chi connectivity index (χ0v) is 13.8. The number of nitro groups is 1. The molecule has 138 valence electrons. The Labute approximate surface area is 146 Å². The number of alkyl halides is 3. The first-order valence-electron chi connectivity index (χ1n) is 7.29. The first-order chi connectivity index (χ1) is 12.0. The van der Waals surface area contributed by atoms with E-state index in [0.29, 0.717) is 17.8 Å². The number of halogens is 3. The fraction of sp³-hybridized carbons (Fsp3) is 0.188. The SMILES string of the molecule is Cc1ccc(NC(=O)Nc2cc(C(F)(F)F)cc([N+](=O)[O-])c2N)c(C)c1. The van der Waals surface area contributed by atoms with Crippen LogP contribution in [0.4, 0.5) is 40.7 Å². The normalized spacial score (nSPS) is 11.1. The number of benzene rings is 2. The van der Waals surface area contributed by atoms with Crippen LogP contribution >= 0.6 is 0 Å². The van der Waals surface area contributed by atoms with E-state index >= 15 is 0 Å². The van der Waals surface area contributed by atoms with E-state index in [2.05, 4.69) is 10.6 Å². The second kappa shape index (κ2) is 6.90. The lowest BCUT2D eigenvalue weighted by molar-refractivity contribution is -0.384. The van der Waals surface area contributed by atoms with E-state index in [1.165, 1.54) is 0 Å². The minimum absolute atomic E-state index is 0.322. The first-order valence-corrected chi connectivity index (χ1v) is 7.29. The summed E-state index contributed by atoms with van der Waals surface area (Å²) in [5.74, 6) is 0. The van der Waals surface area contributed by atoms with Crippen LogP contribution in [0.1, 0.15) is 16.7 Å². The molecule has 0 aliphatic heterocycles. The number of amides is 2. The van der Waals surface area contributed by atoms with Gasteiger partial charge < -0.3 is 16.4 Å². The number of hydrogen-bond acceptors (Lipinski definition) is 4. The number of carbonyl (C=O) groups excluding carboxylic acids is 1. The lowest BCUT2D eigenvalue weighted by Gasteiger charge is -2.14. The topological polar surface area (TPSA) is 110 Å². The molecule has 2 aromatic carbocycles. The molecule has 0 fully saturated rings. The number of rotatable bonds is 3. The van der Waals surface area contributed by atoms with Gasteiger partial charge in [-0.3, -0.25) is 10.1 Å². The van der Waals surface area contributed by atoms with E-state index in [-0.39, 0.29) is 0 Å². The van der Waals surface area contributed by atoms with E-state index in [0.717, 1.165) is 11.1 Å². The third kappa shape index (κ3) is 4.21. The fourth-order valence-electron chi connectivity index (χ4n) is 2.29. The van der Waals surface area contributed by atoms with Gasteiger partial charge >= 0.3 is 12.2 Å². The molecule has 7 nitrogen and oxygen atoms in total. The van der Waals surface area contributed by atoms with Crippen molar-refractivity contribution in [2.75, 3.05) is 16.4 Å². The number of carbonyl (C=O) groups is 1. The predicted molar refractivity (Wildman–Crippen MR) is 91.1 cm³/mol. The van der Waals surface area contributed by atoms with Crippen LogP contribution in [0.2, 0.25) is 0 Å². The Hall–Kier alpha value is -3.30. The van der Waals surface area contributed by atoms with Crippen LogP contribution in [-0.2, 0) is 6.18 Å². The molecule has 10 heteroatoms. The number of anilines is 3. The van der Waals surface area contributed by atoms with Gasteiger partial charge in [0.15, 0.2) is 0 Å². The van der Waals surface area contributed by atoms with Gasteiger partial charge in [0.05, 0.1) is 16.2 Å². The van der Waals surface area contributed by atoms with Crippen molar-refractivity contribution in [3.8, 4) is 0 Å². The third-order valence-electron chi connectivity index (χ3n) is 3.56. The second-order valence-corrected chi connectivity index (χ2v) is 5.61. The maximum absolute atomic E-state index is 12.9. The smallest absolute Gasteiger partial charge is 0.391 e. The zero-order valence-electron chi connectivity index (χ0n) is 13.8. The van der Waals surface area contributed by atoms with Gasteiger partial charge in [0.1, 0.15) is 5.69 Å². The minimum Gasteiger partial charge on any atom is -0.391 e. The van der Waals surface area contributed by atoms with Gasteiger partial charge in [0.2, 0.25) is 0 Å². The molecule has 0 heterocycles. The number of nitrogens with two attached hydrogens (primary N) is 1. The highest BCUT2D eigenvalue weighted by Gasteiger charge is 2.34. The molecule has 2 aromatic rings. The van der Waals surface area contributed by atoms with Gasteiger partial charge in [-0.25, -0.2) is 4.79 Å². The molecule has 0 unspecified atom stereocenters. The van der Waals surface area contributed by atoms with Crippen molar-refractivity contribution in [2.45, 2.75) is 20.0 Å². The summed E-state index contributed by atoms with van der Waals surface area (Å²) in [5.41, 5.74) is 4.37. The van der Waals surface area contributed by atoms with Gasteiger partial charge in [0, 0.05) is 11.8 Å². The van der Waals surface area contributed by atoms with Crippen LogP contribution in [-0.4, -0.2) is 11.0 Å². The Bertz CT molecular complexity index is 882. The summed E-state index contributed by atoms with van der Waals surface area (Å²) >= 11 is 0. The number of nitro benzene ring substituents is 1. The Morgan fingerprint density at radius 3 is 2.27 bits per heavy atom.